The molecule has 0 saturated carbocycles. The summed E-state index contributed by atoms with van der Waals surface area (Å²) in [5, 5.41) is 7.78. The van der Waals surface area contributed by atoms with E-state index in [0.717, 1.165) is 27.8 Å². The van der Waals surface area contributed by atoms with Crippen molar-refractivity contribution in [1.82, 2.24) is 30.4 Å². The third-order valence-corrected chi connectivity index (χ3v) is 14.6. The topological polar surface area (TPSA) is 203 Å². The highest BCUT2D eigenvalue weighted by Gasteiger charge is 2.46. The van der Waals surface area contributed by atoms with E-state index in [0.29, 0.717) is 37.5 Å². The minimum Gasteiger partial charge on any atom is -0.461 e. The van der Waals surface area contributed by atoms with Crippen LogP contribution in [-0.2, 0) is 36.5 Å². The molecule has 0 spiro atoms. The number of alkyl halides is 3. The van der Waals surface area contributed by atoms with E-state index in [-0.39, 0.29) is 59.6 Å². The number of ether oxygens (including phenoxy) is 1. The van der Waals surface area contributed by atoms with E-state index in [2.05, 4.69) is 30.8 Å². The molecular weight excluding hydrogens is 997 g/mol. The van der Waals surface area contributed by atoms with Crippen molar-refractivity contribution in [3.05, 3.63) is 123 Å². The maximum atomic E-state index is 15.8. The van der Waals surface area contributed by atoms with Crippen LogP contribution in [0.5, 0.6) is 0 Å². The number of nitrogens with one attached hydrogen (secondary N) is 4. The second kappa shape index (κ2) is 22.7. The molecule has 0 unspecified atom stereocenters. The molecule has 4 amide bonds. The minimum atomic E-state index is -5.04. The molecule has 0 aliphatic carbocycles. The van der Waals surface area contributed by atoms with Crippen LogP contribution in [0.4, 0.5) is 28.9 Å². The molecule has 2 fully saturated rings. The van der Waals surface area contributed by atoms with Crippen LogP contribution in [0.3, 0.4) is 0 Å². The largest absolute Gasteiger partial charge is 0.461 e. The summed E-state index contributed by atoms with van der Waals surface area (Å²) < 4.78 is 63.4. The number of carbonyl (C=O) groups is 6. The molecule has 0 radical (unpaired) electrons. The van der Waals surface area contributed by atoms with Crippen LogP contribution in [-0.4, -0.2) is 119 Å². The maximum Gasteiger partial charge on any atom is 0.417 e. The van der Waals surface area contributed by atoms with Crippen molar-refractivity contribution >= 4 is 58.1 Å². The summed E-state index contributed by atoms with van der Waals surface area (Å²) in [6.07, 6.45) is -4.58. The second-order valence-electron chi connectivity index (χ2n) is 20.2. The van der Waals surface area contributed by atoms with Crippen LogP contribution in [0.25, 0.3) is 21.6 Å². The van der Waals surface area contributed by atoms with E-state index < -0.39 is 88.4 Å². The summed E-state index contributed by atoms with van der Waals surface area (Å²) in [6.45, 7) is 12.6. The molecule has 2 aliphatic heterocycles. The Hall–Kier alpha value is -7.26. The van der Waals surface area contributed by atoms with E-state index in [9.17, 15) is 46.7 Å². The molecule has 16 nitrogen and oxygen atoms in total. The fourth-order valence-corrected chi connectivity index (χ4v) is 10.3. The lowest BCUT2D eigenvalue weighted by atomic mass is 9.85. The first-order valence-electron chi connectivity index (χ1n) is 24.4. The zero-order valence-corrected chi connectivity index (χ0v) is 43.6. The number of ketones is 1. The lowest BCUT2D eigenvalue weighted by molar-refractivity contribution is -0.147. The van der Waals surface area contributed by atoms with Crippen molar-refractivity contribution in [2.75, 3.05) is 43.4 Å². The number of likely N-dealkylation sites (tertiary alicyclic amines) is 1. The number of benzene rings is 3. The quantitative estimate of drug-likeness (QED) is 0.0601. The van der Waals surface area contributed by atoms with Crippen LogP contribution >= 0.6 is 11.3 Å². The molecule has 2 aromatic heterocycles. The number of hydrogen-bond acceptors (Lipinski definition) is 12. The number of aryl methyl sites for hydroxylation is 2. The van der Waals surface area contributed by atoms with Gasteiger partial charge in [-0.25, -0.2) is 9.37 Å². The smallest absolute Gasteiger partial charge is 0.417 e. The Bertz CT molecular complexity index is 3030. The van der Waals surface area contributed by atoms with Gasteiger partial charge in [0, 0.05) is 68.3 Å². The lowest BCUT2D eigenvalue weighted by Crippen LogP contribution is -2.58. The highest BCUT2D eigenvalue weighted by molar-refractivity contribution is 7.13. The van der Waals surface area contributed by atoms with E-state index in [1.165, 1.54) is 41.4 Å². The highest BCUT2D eigenvalue weighted by atomic mass is 32.1. The molecule has 398 valence electrons. The first kappa shape index (κ1) is 55.5. The number of rotatable bonds is 15. The predicted molar refractivity (Wildman–Crippen MR) is 276 cm³/mol. The fourth-order valence-electron chi connectivity index (χ4n) is 9.44. The van der Waals surface area contributed by atoms with E-state index in [4.69, 9.17) is 4.74 Å². The molecule has 75 heavy (non-hydrogen) atoms. The number of Topliss-reactive ketones (excluding diaryl/α,β-unsaturated/α-hetero) is 1. The van der Waals surface area contributed by atoms with Gasteiger partial charge in [0.15, 0.2) is 5.78 Å². The Labute approximate surface area is 435 Å². The number of H-pyrrole nitrogens is 1. The van der Waals surface area contributed by atoms with Crippen molar-refractivity contribution in [2.45, 2.75) is 104 Å². The van der Waals surface area contributed by atoms with Gasteiger partial charge in [-0.05, 0) is 86.7 Å². The molecule has 3 aromatic carbocycles. The summed E-state index contributed by atoms with van der Waals surface area (Å²) in [5.74, 6) is -4.93. The summed E-state index contributed by atoms with van der Waals surface area (Å²) in [7, 11) is 1.96. The number of hydrogen-bond donors (Lipinski definition) is 4. The average molecular weight is 1060 g/mol. The maximum absolute atomic E-state index is 15.8. The summed E-state index contributed by atoms with van der Waals surface area (Å²) in [4.78, 5) is 106. The number of pyridine rings is 1. The second-order valence-corrected chi connectivity index (χ2v) is 21.1. The number of esters is 1. The molecule has 4 N–H and O–H groups in total. The number of nitrogens with zero attached hydrogens (tertiary/aromatic N) is 4. The molecule has 7 rings (SSSR count). The standard InChI is InChI=1S/C54H60F4N8O8S/c1-29-25-65(26-30(2)64(29)8)43-17-15-35(20-42(43)62-51(72)39-23-59-46(69)22-40(39)54(56,57)58)38-19-36(14-16-41(38)55)50(71)60-24-47(70)63-49(53(5,6)7)52(73)66-27-37(74-32(4)67)21-44(66)45(68)18-11-33-9-12-34(13-10-33)48-31(3)61-28-75-48/h9-10,12-17,19-20,22-23,28-30,37,44,49H,11,18,21,24-27H2,1-8H3,(H,59,69)(H,60,71)(H,62,72)(H,63,70)/t29-,30+,37-,44+,49-/m1/s1. The number of piperazine rings is 1. The monoisotopic (exact) mass is 1060 g/mol. The minimum absolute atomic E-state index is 0.0301. The molecule has 4 heterocycles. The lowest BCUT2D eigenvalue weighted by Gasteiger charge is -2.44. The van der Waals surface area contributed by atoms with Gasteiger partial charge < -0.3 is 35.5 Å². The summed E-state index contributed by atoms with van der Waals surface area (Å²) in [5.41, 5.74) is 0.763. The Kier molecular flexibility index (Phi) is 16.8. The van der Waals surface area contributed by atoms with Gasteiger partial charge in [-0.3, -0.25) is 38.5 Å². The summed E-state index contributed by atoms with van der Waals surface area (Å²) >= 11 is 1.54. The SMILES string of the molecule is CC(=O)O[C@@H]1C[C@@H](C(=O)CCc2ccc(-c3scnc3C)cc2)N(C(=O)[C@@H](NC(=O)CNC(=O)c2ccc(F)c(-c3ccc(N4C[C@@H](C)N(C)[C@@H](C)C4)c(NC(=O)c4c[nH]c(=O)cc4C(F)(F)F)c3)c2)C(C)(C)C)C1. The first-order chi connectivity index (χ1) is 35.3. The van der Waals surface area contributed by atoms with Crippen LogP contribution in [0.15, 0.2) is 83.2 Å². The molecular formula is C54H60F4N8O8S. The molecule has 21 heteroatoms. The number of anilines is 2. The molecule has 5 aromatic rings. The molecule has 0 bridgehead atoms. The Morgan fingerprint density at radius 1 is 0.907 bits per heavy atom. The third kappa shape index (κ3) is 13.2. The normalized spacial score (nSPS) is 18.6. The van der Waals surface area contributed by atoms with Crippen molar-refractivity contribution in [1.29, 1.82) is 0 Å². The number of halogens is 4. The van der Waals surface area contributed by atoms with E-state index in [1.807, 2.05) is 57.0 Å². The van der Waals surface area contributed by atoms with Crippen LogP contribution < -0.4 is 26.4 Å². The van der Waals surface area contributed by atoms with Gasteiger partial charge in [-0.1, -0.05) is 51.1 Å². The molecule has 5 atom stereocenters. The van der Waals surface area contributed by atoms with Crippen LogP contribution in [0, 0.1) is 18.2 Å². The number of likely N-dealkylation sites (N-methyl/N-ethyl adjacent to an activating group) is 1. The van der Waals surface area contributed by atoms with Gasteiger partial charge in [-0.15, -0.1) is 11.3 Å². The molecule has 2 aliphatic rings. The summed E-state index contributed by atoms with van der Waals surface area (Å²) in [6, 6.07) is 14.0. The van der Waals surface area contributed by atoms with Crippen molar-refractivity contribution in [3.63, 3.8) is 0 Å². The van der Waals surface area contributed by atoms with E-state index in [1.54, 1.807) is 38.4 Å². The zero-order chi connectivity index (χ0) is 54.7. The third-order valence-electron chi connectivity index (χ3n) is 13.7. The number of amides is 4. The molecule has 2 saturated heterocycles. The van der Waals surface area contributed by atoms with Gasteiger partial charge in [0.2, 0.25) is 17.4 Å². The zero-order valence-electron chi connectivity index (χ0n) is 42.8. The van der Waals surface area contributed by atoms with Crippen LogP contribution in [0.2, 0.25) is 0 Å². The average Bonchev–Trinajstić information content (AvgIpc) is 3.98. The van der Waals surface area contributed by atoms with Crippen molar-refractivity contribution < 1.29 is 51.1 Å². The fraction of sp³-hybridized carbons (Fsp3) is 0.407. The van der Waals surface area contributed by atoms with Crippen LogP contribution in [0.1, 0.15) is 91.9 Å². The Morgan fingerprint density at radius 3 is 2.21 bits per heavy atom. The Balaban J connectivity index is 1.06. The van der Waals surface area contributed by atoms with Crippen molar-refractivity contribution in [3.8, 4) is 21.6 Å². The number of carbonyl (C=O) groups excluding carboxylic acids is 6. The van der Waals surface area contributed by atoms with Gasteiger partial charge in [0.05, 0.1) is 57.7 Å². The van der Waals surface area contributed by atoms with Gasteiger partial charge in [0.1, 0.15) is 18.0 Å². The predicted octanol–water partition coefficient (Wildman–Crippen LogP) is 7.41. The van der Waals surface area contributed by atoms with Gasteiger partial charge >= 0.3 is 12.1 Å². The van der Waals surface area contributed by atoms with Crippen molar-refractivity contribution in [2.24, 2.45) is 5.41 Å². The van der Waals surface area contributed by atoms with Gasteiger partial charge in [-0.2, -0.15) is 13.2 Å². The Morgan fingerprint density at radius 2 is 1.59 bits per heavy atom. The van der Waals surface area contributed by atoms with Gasteiger partial charge in [0.25, 0.3) is 11.8 Å². The number of aromatic amines is 1. The number of aromatic nitrogens is 2. The number of thiazole rings is 1. The first-order valence-corrected chi connectivity index (χ1v) is 25.3. The highest BCUT2D eigenvalue weighted by Crippen LogP contribution is 2.37. The van der Waals surface area contributed by atoms with E-state index >= 15 is 4.39 Å².